The average molecular weight is 529 g/mol. The van der Waals surface area contributed by atoms with E-state index in [1.54, 1.807) is 6.92 Å². The number of hydrogen-bond acceptors (Lipinski definition) is 7. The minimum Gasteiger partial charge on any atom is -0.492 e. The predicted molar refractivity (Wildman–Crippen MR) is 124 cm³/mol. The Morgan fingerprint density at radius 3 is 2.51 bits per heavy atom. The number of nitrogens with one attached hydrogen (secondary N) is 2. The monoisotopic (exact) mass is 528 g/mol. The molecule has 1 atom stereocenters. The second-order valence-electron chi connectivity index (χ2n) is 7.30. The number of benzene rings is 2. The van der Waals surface area contributed by atoms with Gasteiger partial charge in [-0.05, 0) is 49.7 Å². The second-order valence-corrected chi connectivity index (χ2v) is 9.87. The van der Waals surface area contributed by atoms with Crippen LogP contribution < -0.4 is 14.8 Å². The number of aromatic nitrogens is 2. The van der Waals surface area contributed by atoms with Gasteiger partial charge in [-0.25, -0.2) is 8.99 Å². The maximum Gasteiger partial charge on any atom is 0.435 e. The lowest BCUT2D eigenvalue weighted by atomic mass is 10.1. The third-order valence-electron chi connectivity index (χ3n) is 4.64. The smallest absolute Gasteiger partial charge is 0.435 e. The summed E-state index contributed by atoms with van der Waals surface area (Å²) < 4.78 is 71.1. The van der Waals surface area contributed by atoms with Crippen molar-refractivity contribution in [2.75, 3.05) is 18.2 Å². The van der Waals surface area contributed by atoms with Gasteiger partial charge < -0.3 is 14.8 Å². The van der Waals surface area contributed by atoms with E-state index in [2.05, 4.69) is 15.5 Å². The van der Waals surface area contributed by atoms with E-state index < -0.39 is 44.5 Å². The number of anilines is 1. The summed E-state index contributed by atoms with van der Waals surface area (Å²) in [7, 11) is -3.09. The van der Waals surface area contributed by atoms with Crippen molar-refractivity contribution in [3.63, 3.8) is 0 Å². The fraction of sp³-hybridized carbons (Fsp3) is 0.227. The molecule has 2 aromatic carbocycles. The Balaban J connectivity index is 2.04. The highest BCUT2D eigenvalue weighted by Crippen LogP contribution is 2.36. The molecule has 0 aliphatic rings. The summed E-state index contributed by atoms with van der Waals surface area (Å²) >= 11 is 6.14. The van der Waals surface area contributed by atoms with E-state index in [0.29, 0.717) is 12.4 Å². The number of carbonyl (C=O) groups excluding carboxylic acids is 1. The average Bonchev–Trinajstić information content (AvgIpc) is 2.74. The second kappa shape index (κ2) is 10.1. The Hall–Kier alpha value is -3.38. The predicted octanol–water partition coefficient (Wildman–Crippen LogP) is 5.94. The molecule has 8 nitrogen and oxygen atoms in total. The normalized spacial score (nSPS) is 13.1. The lowest BCUT2D eigenvalue weighted by Crippen LogP contribution is -2.21. The Kier molecular flexibility index (Phi) is 7.56. The van der Waals surface area contributed by atoms with Crippen LogP contribution in [0, 0.1) is 11.7 Å². The number of ether oxygens (including phenoxy) is 2. The molecular formula is C22H20ClF3N4O4S. The molecule has 0 spiro atoms. The molecule has 1 unspecified atom stereocenters. The van der Waals surface area contributed by atoms with Gasteiger partial charge in [0, 0.05) is 22.9 Å². The van der Waals surface area contributed by atoms with Crippen LogP contribution in [0.25, 0.3) is 0 Å². The van der Waals surface area contributed by atoms with Crippen molar-refractivity contribution in [3.8, 4) is 17.4 Å². The van der Waals surface area contributed by atoms with Gasteiger partial charge in [-0.2, -0.15) is 13.2 Å². The molecule has 2 N–H and O–H groups in total. The summed E-state index contributed by atoms with van der Waals surface area (Å²) in [5, 5.41) is 9.34. The third-order valence-corrected chi connectivity index (χ3v) is 6.09. The maximum absolute atomic E-state index is 13.5. The topological polar surface area (TPSA) is 114 Å². The zero-order chi connectivity index (χ0) is 26.0. The summed E-state index contributed by atoms with van der Waals surface area (Å²) in [6.07, 6.45) is -3.67. The molecule has 0 saturated heterocycles. The zero-order valence-corrected chi connectivity index (χ0v) is 20.3. The van der Waals surface area contributed by atoms with Crippen LogP contribution in [0.1, 0.15) is 28.5 Å². The van der Waals surface area contributed by atoms with Crippen LogP contribution in [0.5, 0.6) is 17.4 Å². The third kappa shape index (κ3) is 6.20. The van der Waals surface area contributed by atoms with Crippen LogP contribution in [0.3, 0.4) is 0 Å². The molecule has 13 heteroatoms. The van der Waals surface area contributed by atoms with Gasteiger partial charge in [-0.15, -0.1) is 10.2 Å². The standard InChI is InChI=1S/C22H20ClF3N4O4S/c1-4-33-17-9-8-14(11-16(17)23)34-21-18(12(2)19(29-30-21)22(24,25)26)20(31)28-13-6-5-7-15(10-13)35(3,27)32/h5-11,27H,4H2,1-3H3,(H,28,31). The Labute approximate surface area is 204 Å². The molecular weight excluding hydrogens is 509 g/mol. The minimum atomic E-state index is -4.87. The molecule has 0 fully saturated rings. The van der Waals surface area contributed by atoms with E-state index in [0.717, 1.165) is 6.92 Å². The summed E-state index contributed by atoms with van der Waals surface area (Å²) in [5.74, 6) is -0.998. The summed E-state index contributed by atoms with van der Waals surface area (Å²) in [6, 6.07) is 9.95. The molecule has 3 aromatic rings. The number of hydrogen-bond donors (Lipinski definition) is 2. The number of alkyl halides is 3. The molecule has 186 valence electrons. The lowest BCUT2D eigenvalue weighted by molar-refractivity contribution is -0.142. The molecule has 0 saturated carbocycles. The Bertz CT molecular complexity index is 1380. The number of rotatable bonds is 7. The van der Waals surface area contributed by atoms with E-state index in [1.165, 1.54) is 48.7 Å². The first kappa shape index (κ1) is 26.2. The molecule has 0 radical (unpaired) electrons. The molecule has 0 bridgehead atoms. The first-order chi connectivity index (χ1) is 16.3. The van der Waals surface area contributed by atoms with Gasteiger partial charge in [0.15, 0.2) is 5.69 Å². The Morgan fingerprint density at radius 1 is 1.20 bits per heavy atom. The van der Waals surface area contributed by atoms with Crippen molar-refractivity contribution in [2.45, 2.75) is 24.9 Å². The fourth-order valence-corrected chi connectivity index (χ4v) is 3.96. The number of amides is 1. The van der Waals surface area contributed by atoms with Crippen LogP contribution in [0.15, 0.2) is 47.4 Å². The van der Waals surface area contributed by atoms with E-state index in [4.69, 9.17) is 25.9 Å². The fourth-order valence-electron chi connectivity index (χ4n) is 3.05. The number of nitrogens with zero attached hydrogens (tertiary/aromatic N) is 2. The first-order valence-corrected chi connectivity index (χ1v) is 12.4. The van der Waals surface area contributed by atoms with Gasteiger partial charge in [-0.1, -0.05) is 17.7 Å². The van der Waals surface area contributed by atoms with Crippen LogP contribution in [0.2, 0.25) is 5.02 Å². The van der Waals surface area contributed by atoms with Crippen LogP contribution in [0.4, 0.5) is 18.9 Å². The highest BCUT2D eigenvalue weighted by molar-refractivity contribution is 7.91. The Morgan fingerprint density at radius 2 is 1.91 bits per heavy atom. The van der Waals surface area contributed by atoms with Crippen molar-refractivity contribution in [1.29, 1.82) is 4.78 Å². The highest BCUT2D eigenvalue weighted by atomic mass is 35.5. The van der Waals surface area contributed by atoms with E-state index in [1.807, 2.05) is 0 Å². The van der Waals surface area contributed by atoms with Crippen LogP contribution >= 0.6 is 11.6 Å². The first-order valence-electron chi connectivity index (χ1n) is 10.0. The van der Waals surface area contributed by atoms with E-state index in [9.17, 15) is 22.2 Å². The van der Waals surface area contributed by atoms with Crippen molar-refractivity contribution in [3.05, 3.63) is 64.3 Å². The van der Waals surface area contributed by atoms with Crippen molar-refractivity contribution in [2.24, 2.45) is 0 Å². The number of carbonyl (C=O) groups is 1. The van der Waals surface area contributed by atoms with Gasteiger partial charge in [0.25, 0.3) is 11.8 Å². The van der Waals surface area contributed by atoms with Crippen molar-refractivity contribution in [1.82, 2.24) is 10.2 Å². The summed E-state index contributed by atoms with van der Waals surface area (Å²) in [5.41, 5.74) is -2.25. The molecule has 0 aliphatic carbocycles. The quantitative estimate of drug-likeness (QED) is 0.392. The molecule has 0 aliphatic heterocycles. The molecule has 35 heavy (non-hydrogen) atoms. The van der Waals surface area contributed by atoms with E-state index >= 15 is 0 Å². The van der Waals surface area contributed by atoms with Crippen LogP contribution in [-0.4, -0.2) is 33.2 Å². The van der Waals surface area contributed by atoms with Gasteiger partial charge in [0.05, 0.1) is 21.4 Å². The lowest BCUT2D eigenvalue weighted by Gasteiger charge is -2.16. The van der Waals surface area contributed by atoms with Gasteiger partial charge >= 0.3 is 6.18 Å². The highest BCUT2D eigenvalue weighted by Gasteiger charge is 2.38. The van der Waals surface area contributed by atoms with Gasteiger partial charge in [0.1, 0.15) is 17.1 Å². The van der Waals surface area contributed by atoms with Gasteiger partial charge in [-0.3, -0.25) is 4.79 Å². The molecule has 1 aromatic heterocycles. The van der Waals surface area contributed by atoms with Gasteiger partial charge in [0.2, 0.25) is 0 Å². The minimum absolute atomic E-state index is 0.0860. The largest absolute Gasteiger partial charge is 0.492 e. The molecule has 1 amide bonds. The molecule has 3 rings (SSSR count). The van der Waals surface area contributed by atoms with Crippen molar-refractivity contribution < 1.29 is 31.6 Å². The van der Waals surface area contributed by atoms with Crippen LogP contribution in [-0.2, 0) is 15.9 Å². The summed E-state index contributed by atoms with van der Waals surface area (Å²) in [6.45, 7) is 3.20. The number of halogens is 4. The summed E-state index contributed by atoms with van der Waals surface area (Å²) in [4.78, 5) is 13.2. The van der Waals surface area contributed by atoms with Crippen molar-refractivity contribution >= 4 is 32.9 Å². The maximum atomic E-state index is 13.5. The SMILES string of the molecule is CCOc1ccc(Oc2nnc(C(F)(F)F)c(C)c2C(=O)Nc2cccc(S(C)(=N)=O)c2)cc1Cl. The van der Waals surface area contributed by atoms with E-state index in [-0.39, 0.29) is 21.4 Å². The molecule has 1 heterocycles. The zero-order valence-electron chi connectivity index (χ0n) is 18.7.